The van der Waals surface area contributed by atoms with Crippen LogP contribution in [-0.4, -0.2) is 50.1 Å². The minimum absolute atomic E-state index is 0.0766. The molecule has 0 amide bonds. The summed E-state index contributed by atoms with van der Waals surface area (Å²) < 4.78 is 0. The summed E-state index contributed by atoms with van der Waals surface area (Å²) in [6.45, 7) is 0. The first kappa shape index (κ1) is 22.8. The quantitative estimate of drug-likeness (QED) is 0.227. The molecule has 5 atom stereocenters. The number of unbranched alkanes of at least 4 members (excludes halogenated alkanes) is 1. The molecule has 5 N–H and O–H groups in total. The third-order valence-electron chi connectivity index (χ3n) is 5.45. The highest BCUT2D eigenvalue weighted by Gasteiger charge is 2.39. The molecule has 156 valence electrons. The van der Waals surface area contributed by atoms with E-state index in [0.29, 0.717) is 32.1 Å². The van der Waals surface area contributed by atoms with Gasteiger partial charge in [0.2, 0.25) is 0 Å². The smallest absolute Gasteiger partial charge is 0.151 e. The van der Waals surface area contributed by atoms with Gasteiger partial charge < -0.3 is 25.5 Å². The Bertz CT molecular complexity index is 598. The van der Waals surface area contributed by atoms with Crippen LogP contribution < -0.4 is 0 Å². The van der Waals surface area contributed by atoms with Crippen molar-refractivity contribution in [1.29, 1.82) is 0 Å². The van der Waals surface area contributed by atoms with Crippen LogP contribution >= 0.6 is 0 Å². The minimum atomic E-state index is -1.26. The van der Waals surface area contributed by atoms with Crippen LogP contribution in [0.25, 0.3) is 0 Å². The van der Waals surface area contributed by atoms with E-state index in [4.69, 9.17) is 10.2 Å². The lowest BCUT2D eigenvalue weighted by atomic mass is 9.89. The van der Waals surface area contributed by atoms with Crippen LogP contribution in [-0.2, 0) is 6.42 Å². The number of aryl methyl sites for hydroxylation is 1. The molecule has 5 heteroatoms. The molecular formula is C23H34O5. The zero-order valence-corrected chi connectivity index (χ0v) is 16.3. The lowest BCUT2D eigenvalue weighted by molar-refractivity contribution is -0.0460. The molecule has 1 fully saturated rings. The Kier molecular flexibility index (Phi) is 9.88. The summed E-state index contributed by atoms with van der Waals surface area (Å²) in [5, 5.41) is 48.4. The molecule has 1 aliphatic rings. The fraction of sp³-hybridized carbons (Fsp3) is 0.565. The molecule has 0 radical (unpaired) electrons. The third-order valence-corrected chi connectivity index (χ3v) is 5.45. The summed E-state index contributed by atoms with van der Waals surface area (Å²) in [4.78, 5) is 0. The van der Waals surface area contributed by atoms with Gasteiger partial charge in [0, 0.05) is 12.3 Å². The van der Waals surface area contributed by atoms with E-state index < -0.39 is 24.6 Å². The van der Waals surface area contributed by atoms with Crippen molar-refractivity contribution in [3.8, 4) is 0 Å². The molecule has 5 nitrogen and oxygen atoms in total. The molecule has 2 rings (SSSR count). The van der Waals surface area contributed by atoms with E-state index in [2.05, 4.69) is 0 Å². The number of allylic oxidation sites excluding steroid dienone is 2. The van der Waals surface area contributed by atoms with E-state index in [0.717, 1.165) is 12.8 Å². The zero-order chi connectivity index (χ0) is 20.4. The molecule has 1 aliphatic carbocycles. The van der Waals surface area contributed by atoms with Gasteiger partial charge in [0.25, 0.3) is 0 Å². The maximum absolute atomic E-state index is 10.3. The molecule has 0 spiro atoms. The number of hydrogen-bond donors (Lipinski definition) is 5. The van der Waals surface area contributed by atoms with Crippen molar-refractivity contribution in [3.05, 3.63) is 60.2 Å². The Morgan fingerprint density at radius 1 is 0.964 bits per heavy atom. The Labute approximate surface area is 167 Å². The van der Waals surface area contributed by atoms with Crippen molar-refractivity contribution in [1.82, 2.24) is 0 Å². The SMILES string of the molecule is OC(O)CCC/C=C\C[C@@H]1[C@@H](/C=C/[C@@H](O)CCc2ccccc2)[C@H](O)C[C@@H]1O. The fourth-order valence-corrected chi connectivity index (χ4v) is 3.81. The molecule has 1 aromatic carbocycles. The van der Waals surface area contributed by atoms with Crippen LogP contribution in [0.15, 0.2) is 54.6 Å². The highest BCUT2D eigenvalue weighted by atomic mass is 16.5. The van der Waals surface area contributed by atoms with Crippen LogP contribution in [0.3, 0.4) is 0 Å². The van der Waals surface area contributed by atoms with Gasteiger partial charge in [0.05, 0.1) is 18.3 Å². The normalized spacial score (nSPS) is 26.6. The molecule has 0 bridgehead atoms. The second-order valence-corrected chi connectivity index (χ2v) is 7.71. The van der Waals surface area contributed by atoms with Crippen LogP contribution in [0.1, 0.15) is 44.1 Å². The molecule has 28 heavy (non-hydrogen) atoms. The molecule has 1 saturated carbocycles. The number of benzene rings is 1. The van der Waals surface area contributed by atoms with E-state index in [1.807, 2.05) is 48.6 Å². The van der Waals surface area contributed by atoms with Gasteiger partial charge in [-0.05, 0) is 50.0 Å². The summed E-state index contributed by atoms with van der Waals surface area (Å²) in [5.41, 5.74) is 1.18. The fourth-order valence-electron chi connectivity index (χ4n) is 3.81. The summed E-state index contributed by atoms with van der Waals surface area (Å²) >= 11 is 0. The topological polar surface area (TPSA) is 101 Å². The first-order valence-corrected chi connectivity index (χ1v) is 10.2. The largest absolute Gasteiger partial charge is 0.393 e. The average Bonchev–Trinajstić information content (AvgIpc) is 2.94. The Morgan fingerprint density at radius 3 is 2.43 bits per heavy atom. The first-order chi connectivity index (χ1) is 13.5. The Balaban J connectivity index is 1.81. The van der Waals surface area contributed by atoms with Crippen molar-refractivity contribution >= 4 is 0 Å². The van der Waals surface area contributed by atoms with E-state index in [-0.39, 0.29) is 11.8 Å². The third kappa shape index (κ3) is 7.86. The van der Waals surface area contributed by atoms with Crippen LogP contribution in [0, 0.1) is 11.8 Å². The molecule has 0 heterocycles. The van der Waals surface area contributed by atoms with Gasteiger partial charge >= 0.3 is 0 Å². The first-order valence-electron chi connectivity index (χ1n) is 10.2. The molecule has 0 aromatic heterocycles. The Hall–Kier alpha value is -1.50. The average molecular weight is 391 g/mol. The lowest BCUT2D eigenvalue weighted by Gasteiger charge is -2.19. The van der Waals surface area contributed by atoms with Gasteiger partial charge in [0.15, 0.2) is 6.29 Å². The molecule has 0 saturated heterocycles. The minimum Gasteiger partial charge on any atom is -0.393 e. The molecular weight excluding hydrogens is 356 g/mol. The highest BCUT2D eigenvalue weighted by molar-refractivity contribution is 5.15. The van der Waals surface area contributed by atoms with Crippen molar-refractivity contribution in [2.75, 3.05) is 0 Å². The van der Waals surface area contributed by atoms with Gasteiger partial charge in [-0.15, -0.1) is 0 Å². The summed E-state index contributed by atoms with van der Waals surface area (Å²) in [5.74, 6) is -0.252. The van der Waals surface area contributed by atoms with Gasteiger partial charge in [-0.3, -0.25) is 0 Å². The van der Waals surface area contributed by atoms with Crippen LogP contribution in [0.5, 0.6) is 0 Å². The number of aliphatic hydroxyl groups excluding tert-OH is 4. The summed E-state index contributed by atoms with van der Waals surface area (Å²) in [6, 6.07) is 10.0. The second-order valence-electron chi connectivity index (χ2n) is 7.71. The number of rotatable bonds is 11. The van der Waals surface area contributed by atoms with Crippen molar-refractivity contribution in [3.63, 3.8) is 0 Å². The van der Waals surface area contributed by atoms with Gasteiger partial charge in [-0.25, -0.2) is 0 Å². The van der Waals surface area contributed by atoms with Gasteiger partial charge in [-0.1, -0.05) is 54.6 Å². The maximum Gasteiger partial charge on any atom is 0.151 e. The highest BCUT2D eigenvalue weighted by Crippen LogP contribution is 2.36. The molecule has 1 aromatic rings. The van der Waals surface area contributed by atoms with E-state index >= 15 is 0 Å². The standard InChI is InChI=1S/C23H34O5/c24-18(13-12-17-8-4-3-5-9-17)14-15-20-19(21(25)16-22(20)26)10-6-1-2-7-11-23(27)28/h1,3-6,8-9,14-15,18-28H,2,7,10-13,16H2/b6-1-,15-14+/t18-,19+,20+,21-,22+/m0/s1. The van der Waals surface area contributed by atoms with Crippen LogP contribution in [0.2, 0.25) is 0 Å². The molecule has 0 unspecified atom stereocenters. The number of aliphatic hydroxyl groups is 5. The van der Waals surface area contributed by atoms with Gasteiger partial charge in [-0.2, -0.15) is 0 Å². The predicted octanol–water partition coefficient (Wildman–Crippen LogP) is 2.32. The van der Waals surface area contributed by atoms with Crippen molar-refractivity contribution in [2.45, 2.75) is 69.5 Å². The van der Waals surface area contributed by atoms with E-state index in [1.54, 1.807) is 6.08 Å². The zero-order valence-electron chi connectivity index (χ0n) is 16.3. The maximum atomic E-state index is 10.3. The molecule has 0 aliphatic heterocycles. The summed E-state index contributed by atoms with van der Waals surface area (Å²) in [6.07, 6.45) is 8.77. The van der Waals surface area contributed by atoms with E-state index in [9.17, 15) is 15.3 Å². The monoisotopic (exact) mass is 390 g/mol. The predicted molar refractivity (Wildman–Crippen MR) is 109 cm³/mol. The van der Waals surface area contributed by atoms with E-state index in [1.165, 1.54) is 5.56 Å². The van der Waals surface area contributed by atoms with Crippen molar-refractivity contribution < 1.29 is 25.5 Å². The van der Waals surface area contributed by atoms with Crippen LogP contribution in [0.4, 0.5) is 0 Å². The second kappa shape index (κ2) is 12.1. The van der Waals surface area contributed by atoms with Gasteiger partial charge in [0.1, 0.15) is 0 Å². The van der Waals surface area contributed by atoms with Crippen molar-refractivity contribution in [2.24, 2.45) is 11.8 Å². The Morgan fingerprint density at radius 2 is 1.71 bits per heavy atom. The lowest BCUT2D eigenvalue weighted by Crippen LogP contribution is -2.20. The summed E-state index contributed by atoms with van der Waals surface area (Å²) in [7, 11) is 0. The number of hydrogen-bond acceptors (Lipinski definition) is 5.